The molecule has 0 bridgehead atoms. The number of hydrogen-bond donors (Lipinski definition) is 0. The van der Waals surface area contributed by atoms with Crippen molar-refractivity contribution in [3.63, 3.8) is 0 Å². The largest absolute Gasteiger partial charge is 0.370 e. The summed E-state index contributed by atoms with van der Waals surface area (Å²) in [6.45, 7) is 4.63. The monoisotopic (exact) mass is 240 g/mol. The molecular weight excluding hydrogens is 228 g/mol. The standard InChI is InChI=1S/C10H13BrN2/c1-8-2-3-13(7-8)10-4-9(11)5-12-6-10/h4-6,8H,2-3,7H2,1H3. The van der Waals surface area contributed by atoms with E-state index >= 15 is 0 Å². The molecule has 1 unspecified atom stereocenters. The molecule has 0 spiro atoms. The van der Waals surface area contributed by atoms with Crippen molar-refractivity contribution >= 4 is 21.6 Å². The van der Waals surface area contributed by atoms with Crippen molar-refractivity contribution in [1.82, 2.24) is 4.98 Å². The van der Waals surface area contributed by atoms with Gasteiger partial charge in [0.15, 0.2) is 0 Å². The lowest BCUT2D eigenvalue weighted by Gasteiger charge is -2.17. The Kier molecular flexibility index (Phi) is 2.54. The van der Waals surface area contributed by atoms with Gasteiger partial charge in [0.1, 0.15) is 0 Å². The molecule has 0 N–H and O–H groups in total. The third-order valence-electron chi connectivity index (χ3n) is 2.48. The molecule has 70 valence electrons. The minimum absolute atomic E-state index is 0.819. The fourth-order valence-corrected chi connectivity index (χ4v) is 2.10. The minimum atomic E-state index is 0.819. The van der Waals surface area contributed by atoms with Crippen molar-refractivity contribution in [1.29, 1.82) is 0 Å². The van der Waals surface area contributed by atoms with Gasteiger partial charge in [-0.3, -0.25) is 4.98 Å². The lowest BCUT2D eigenvalue weighted by molar-refractivity contribution is 0.659. The van der Waals surface area contributed by atoms with Gasteiger partial charge in [-0.25, -0.2) is 0 Å². The van der Waals surface area contributed by atoms with E-state index in [1.807, 2.05) is 12.4 Å². The maximum atomic E-state index is 4.17. The number of rotatable bonds is 1. The molecule has 0 aromatic carbocycles. The molecule has 1 aromatic heterocycles. The van der Waals surface area contributed by atoms with Crippen LogP contribution in [0.1, 0.15) is 13.3 Å². The smallest absolute Gasteiger partial charge is 0.0564 e. The second-order valence-electron chi connectivity index (χ2n) is 3.70. The van der Waals surface area contributed by atoms with Gasteiger partial charge in [0.05, 0.1) is 11.9 Å². The normalized spacial score (nSPS) is 22.3. The summed E-state index contributed by atoms with van der Waals surface area (Å²) in [6.07, 6.45) is 5.05. The maximum absolute atomic E-state index is 4.17. The van der Waals surface area contributed by atoms with Gasteiger partial charge < -0.3 is 4.90 Å². The van der Waals surface area contributed by atoms with Gasteiger partial charge in [-0.05, 0) is 34.3 Å². The highest BCUT2D eigenvalue weighted by Crippen LogP contribution is 2.24. The number of pyridine rings is 1. The van der Waals surface area contributed by atoms with Gasteiger partial charge in [0, 0.05) is 23.8 Å². The molecule has 1 atom stereocenters. The van der Waals surface area contributed by atoms with Crippen LogP contribution in [0.15, 0.2) is 22.9 Å². The first-order valence-electron chi connectivity index (χ1n) is 4.61. The van der Waals surface area contributed by atoms with Crippen LogP contribution < -0.4 is 4.90 Å². The number of nitrogens with zero attached hydrogens (tertiary/aromatic N) is 2. The third kappa shape index (κ3) is 2.02. The van der Waals surface area contributed by atoms with Crippen molar-refractivity contribution in [3.05, 3.63) is 22.9 Å². The second kappa shape index (κ2) is 3.66. The van der Waals surface area contributed by atoms with Gasteiger partial charge in [0.25, 0.3) is 0 Å². The zero-order valence-electron chi connectivity index (χ0n) is 7.70. The van der Waals surface area contributed by atoms with Crippen LogP contribution in [0.25, 0.3) is 0 Å². The molecule has 1 aliphatic heterocycles. The van der Waals surface area contributed by atoms with Crippen molar-refractivity contribution in [3.8, 4) is 0 Å². The highest BCUT2D eigenvalue weighted by Gasteiger charge is 2.18. The molecule has 1 aliphatic rings. The first kappa shape index (κ1) is 9.00. The van der Waals surface area contributed by atoms with Gasteiger partial charge in [-0.1, -0.05) is 6.92 Å². The first-order valence-corrected chi connectivity index (χ1v) is 5.40. The summed E-state index contributed by atoms with van der Waals surface area (Å²) in [5, 5.41) is 0. The molecule has 3 heteroatoms. The molecule has 1 fully saturated rings. The van der Waals surface area contributed by atoms with Crippen LogP contribution in [0.3, 0.4) is 0 Å². The highest BCUT2D eigenvalue weighted by molar-refractivity contribution is 9.10. The van der Waals surface area contributed by atoms with Crippen LogP contribution in [0.5, 0.6) is 0 Å². The molecule has 0 aliphatic carbocycles. The molecule has 2 nitrogen and oxygen atoms in total. The summed E-state index contributed by atoms with van der Waals surface area (Å²) in [4.78, 5) is 6.56. The number of aromatic nitrogens is 1. The Hall–Kier alpha value is -0.570. The van der Waals surface area contributed by atoms with Crippen LogP contribution >= 0.6 is 15.9 Å². The van der Waals surface area contributed by atoms with E-state index in [2.05, 4.69) is 38.8 Å². The van der Waals surface area contributed by atoms with Gasteiger partial charge in [-0.15, -0.1) is 0 Å². The summed E-state index contributed by atoms with van der Waals surface area (Å²) >= 11 is 3.44. The zero-order valence-corrected chi connectivity index (χ0v) is 9.29. The van der Waals surface area contributed by atoms with E-state index in [-0.39, 0.29) is 0 Å². The summed E-state index contributed by atoms with van der Waals surface area (Å²) in [7, 11) is 0. The molecule has 2 heterocycles. The van der Waals surface area contributed by atoms with Crippen molar-refractivity contribution in [2.45, 2.75) is 13.3 Å². The zero-order chi connectivity index (χ0) is 9.26. The molecule has 0 amide bonds. The lowest BCUT2D eigenvalue weighted by atomic mass is 10.2. The van der Waals surface area contributed by atoms with Crippen molar-refractivity contribution in [2.24, 2.45) is 5.92 Å². The summed E-state index contributed by atoms with van der Waals surface area (Å²) in [5.74, 6) is 0.819. The molecule has 1 aromatic rings. The number of hydrogen-bond acceptors (Lipinski definition) is 2. The van der Waals surface area contributed by atoms with E-state index in [4.69, 9.17) is 0 Å². The Morgan fingerprint density at radius 2 is 2.38 bits per heavy atom. The SMILES string of the molecule is CC1CCN(c2cncc(Br)c2)C1. The Morgan fingerprint density at radius 1 is 1.54 bits per heavy atom. The third-order valence-corrected chi connectivity index (χ3v) is 2.91. The molecular formula is C10H13BrN2. The quantitative estimate of drug-likeness (QED) is 0.751. The second-order valence-corrected chi connectivity index (χ2v) is 4.62. The number of halogens is 1. The first-order chi connectivity index (χ1) is 6.25. The summed E-state index contributed by atoms with van der Waals surface area (Å²) in [6, 6.07) is 2.13. The van der Waals surface area contributed by atoms with Gasteiger partial charge in [0.2, 0.25) is 0 Å². The van der Waals surface area contributed by atoms with Crippen LogP contribution in [0.2, 0.25) is 0 Å². The average Bonchev–Trinajstić information content (AvgIpc) is 2.52. The van der Waals surface area contributed by atoms with E-state index in [1.54, 1.807) is 0 Å². The van der Waals surface area contributed by atoms with E-state index in [0.717, 1.165) is 16.9 Å². The topological polar surface area (TPSA) is 16.1 Å². The van der Waals surface area contributed by atoms with E-state index in [9.17, 15) is 0 Å². The molecule has 13 heavy (non-hydrogen) atoms. The van der Waals surface area contributed by atoms with E-state index in [0.29, 0.717) is 0 Å². The van der Waals surface area contributed by atoms with Crippen LogP contribution in [-0.4, -0.2) is 18.1 Å². The van der Waals surface area contributed by atoms with Crippen LogP contribution in [-0.2, 0) is 0 Å². The Morgan fingerprint density at radius 3 is 3.00 bits per heavy atom. The fraction of sp³-hybridized carbons (Fsp3) is 0.500. The molecule has 0 radical (unpaired) electrons. The lowest BCUT2D eigenvalue weighted by Crippen LogP contribution is -2.18. The summed E-state index contributed by atoms with van der Waals surface area (Å²) < 4.78 is 1.06. The Balaban J connectivity index is 2.16. The fourth-order valence-electron chi connectivity index (χ4n) is 1.74. The van der Waals surface area contributed by atoms with Crippen molar-refractivity contribution < 1.29 is 0 Å². The van der Waals surface area contributed by atoms with E-state index < -0.39 is 0 Å². The van der Waals surface area contributed by atoms with Gasteiger partial charge >= 0.3 is 0 Å². The molecule has 2 rings (SSSR count). The molecule has 1 saturated heterocycles. The van der Waals surface area contributed by atoms with Gasteiger partial charge in [-0.2, -0.15) is 0 Å². The van der Waals surface area contributed by atoms with Crippen LogP contribution in [0, 0.1) is 5.92 Å². The predicted octanol–water partition coefficient (Wildman–Crippen LogP) is 2.69. The highest BCUT2D eigenvalue weighted by atomic mass is 79.9. The van der Waals surface area contributed by atoms with Crippen molar-refractivity contribution in [2.75, 3.05) is 18.0 Å². The predicted molar refractivity (Wildman–Crippen MR) is 57.9 cm³/mol. The van der Waals surface area contributed by atoms with Crippen LogP contribution in [0.4, 0.5) is 5.69 Å². The Labute approximate surface area is 87.1 Å². The maximum Gasteiger partial charge on any atom is 0.0564 e. The summed E-state index contributed by atoms with van der Waals surface area (Å²) in [5.41, 5.74) is 1.23. The number of anilines is 1. The Bertz CT molecular complexity index is 301. The molecule has 0 saturated carbocycles. The van der Waals surface area contributed by atoms with E-state index in [1.165, 1.54) is 18.7 Å². The average molecular weight is 241 g/mol. The minimum Gasteiger partial charge on any atom is -0.370 e.